The Morgan fingerprint density at radius 3 is 2.67 bits per heavy atom. The lowest BCUT2D eigenvalue weighted by Gasteiger charge is -2.30. The molecule has 0 aliphatic rings. The molecule has 0 spiro atoms. The largest absolute Gasteiger partial charge is 0.396 e. The van der Waals surface area contributed by atoms with Crippen molar-refractivity contribution < 1.29 is 5.11 Å². The fourth-order valence-corrected chi connectivity index (χ4v) is 1.99. The molecule has 1 atom stereocenters. The van der Waals surface area contributed by atoms with Gasteiger partial charge in [0.15, 0.2) is 0 Å². The van der Waals surface area contributed by atoms with Crippen LogP contribution in [0.2, 0.25) is 0 Å². The van der Waals surface area contributed by atoms with Gasteiger partial charge in [-0.25, -0.2) is 4.98 Å². The molecular weight excluding hydrogens is 226 g/mol. The highest BCUT2D eigenvalue weighted by Gasteiger charge is 2.17. The molecule has 1 unspecified atom stereocenters. The molecule has 102 valence electrons. The first-order valence-electron chi connectivity index (χ1n) is 6.61. The number of hydrogen-bond donors (Lipinski definition) is 2. The standard InChI is InChI=1S/C14H25N3O/c1-11(2)17(9-6-10-18)14-13(12(3)15-4)7-5-8-16-14/h5,7-8,11-12,15,18H,6,9-10H2,1-4H3. The van der Waals surface area contributed by atoms with Crippen LogP contribution in [-0.4, -0.2) is 36.3 Å². The zero-order valence-corrected chi connectivity index (χ0v) is 11.8. The first kappa shape index (κ1) is 14.9. The third-order valence-electron chi connectivity index (χ3n) is 3.17. The van der Waals surface area contributed by atoms with Gasteiger partial charge in [-0.1, -0.05) is 6.07 Å². The van der Waals surface area contributed by atoms with Gasteiger partial charge in [0.1, 0.15) is 5.82 Å². The van der Waals surface area contributed by atoms with Crippen molar-refractivity contribution in [2.24, 2.45) is 0 Å². The van der Waals surface area contributed by atoms with E-state index in [1.54, 1.807) is 0 Å². The Morgan fingerprint density at radius 2 is 2.11 bits per heavy atom. The summed E-state index contributed by atoms with van der Waals surface area (Å²) in [7, 11) is 1.95. The number of nitrogens with zero attached hydrogens (tertiary/aromatic N) is 2. The van der Waals surface area contributed by atoms with Crippen LogP contribution in [0.1, 0.15) is 38.8 Å². The van der Waals surface area contributed by atoms with Crippen molar-refractivity contribution in [3.63, 3.8) is 0 Å². The summed E-state index contributed by atoms with van der Waals surface area (Å²) < 4.78 is 0. The maximum atomic E-state index is 9.01. The zero-order valence-electron chi connectivity index (χ0n) is 11.8. The van der Waals surface area contributed by atoms with Crippen molar-refractivity contribution in [1.82, 2.24) is 10.3 Å². The van der Waals surface area contributed by atoms with Crippen molar-refractivity contribution in [3.05, 3.63) is 23.9 Å². The van der Waals surface area contributed by atoms with E-state index in [1.165, 1.54) is 5.56 Å². The van der Waals surface area contributed by atoms with Gasteiger partial charge in [0.2, 0.25) is 0 Å². The fourth-order valence-electron chi connectivity index (χ4n) is 1.99. The smallest absolute Gasteiger partial charge is 0.133 e. The van der Waals surface area contributed by atoms with Gasteiger partial charge in [-0.05, 0) is 40.3 Å². The van der Waals surface area contributed by atoms with Crippen molar-refractivity contribution >= 4 is 5.82 Å². The summed E-state index contributed by atoms with van der Waals surface area (Å²) in [4.78, 5) is 6.78. The summed E-state index contributed by atoms with van der Waals surface area (Å²) in [6.07, 6.45) is 2.59. The summed E-state index contributed by atoms with van der Waals surface area (Å²) in [5.74, 6) is 1.02. The molecule has 0 radical (unpaired) electrons. The maximum absolute atomic E-state index is 9.01. The molecule has 0 saturated carbocycles. The molecule has 1 aromatic rings. The molecule has 18 heavy (non-hydrogen) atoms. The molecule has 0 fully saturated rings. The van der Waals surface area contributed by atoms with Crippen LogP contribution in [0.4, 0.5) is 5.82 Å². The topological polar surface area (TPSA) is 48.4 Å². The van der Waals surface area contributed by atoms with Gasteiger partial charge in [-0.15, -0.1) is 0 Å². The van der Waals surface area contributed by atoms with E-state index in [-0.39, 0.29) is 12.6 Å². The van der Waals surface area contributed by atoms with Crippen LogP contribution in [0.3, 0.4) is 0 Å². The van der Waals surface area contributed by atoms with Crippen molar-refractivity contribution in [3.8, 4) is 0 Å². The van der Waals surface area contributed by atoms with Crippen molar-refractivity contribution in [1.29, 1.82) is 0 Å². The van der Waals surface area contributed by atoms with Gasteiger partial charge in [-0.2, -0.15) is 0 Å². The minimum Gasteiger partial charge on any atom is -0.396 e. The van der Waals surface area contributed by atoms with Crippen LogP contribution in [0.5, 0.6) is 0 Å². The molecular formula is C14H25N3O. The molecule has 4 heteroatoms. The molecule has 1 aromatic heterocycles. The second-order valence-electron chi connectivity index (χ2n) is 4.79. The maximum Gasteiger partial charge on any atom is 0.133 e. The lowest BCUT2D eigenvalue weighted by molar-refractivity contribution is 0.288. The van der Waals surface area contributed by atoms with Gasteiger partial charge >= 0.3 is 0 Å². The minimum absolute atomic E-state index is 0.215. The number of aliphatic hydroxyl groups is 1. The molecule has 0 saturated heterocycles. The van der Waals surface area contributed by atoms with Crippen LogP contribution < -0.4 is 10.2 Å². The first-order chi connectivity index (χ1) is 8.61. The Hall–Kier alpha value is -1.13. The van der Waals surface area contributed by atoms with E-state index in [4.69, 9.17) is 5.11 Å². The minimum atomic E-state index is 0.215. The Morgan fingerprint density at radius 1 is 1.39 bits per heavy atom. The second kappa shape index (κ2) is 7.34. The van der Waals surface area contributed by atoms with Crippen molar-refractivity contribution in [2.75, 3.05) is 25.1 Å². The van der Waals surface area contributed by atoms with Crippen molar-refractivity contribution in [2.45, 2.75) is 39.3 Å². The van der Waals surface area contributed by atoms with Gasteiger partial charge in [0, 0.05) is 37.0 Å². The Bertz CT molecular complexity index is 355. The van der Waals surface area contributed by atoms with Crippen LogP contribution in [0.15, 0.2) is 18.3 Å². The van der Waals surface area contributed by atoms with Gasteiger partial charge in [-0.3, -0.25) is 0 Å². The molecule has 1 heterocycles. The molecule has 1 rings (SSSR count). The summed E-state index contributed by atoms with van der Waals surface area (Å²) in [5.41, 5.74) is 1.20. The predicted octanol–water partition coefficient (Wildman–Crippen LogP) is 1.96. The summed E-state index contributed by atoms with van der Waals surface area (Å²) in [6.45, 7) is 7.48. The third kappa shape index (κ3) is 3.68. The predicted molar refractivity (Wildman–Crippen MR) is 75.9 cm³/mol. The van der Waals surface area contributed by atoms with E-state index in [0.29, 0.717) is 6.04 Å². The monoisotopic (exact) mass is 251 g/mol. The molecule has 0 aliphatic heterocycles. The van der Waals surface area contributed by atoms with E-state index < -0.39 is 0 Å². The molecule has 2 N–H and O–H groups in total. The Labute approximate surface area is 110 Å². The number of hydrogen-bond acceptors (Lipinski definition) is 4. The molecule has 0 amide bonds. The molecule has 0 bridgehead atoms. The SMILES string of the molecule is CNC(C)c1cccnc1N(CCCO)C(C)C. The molecule has 0 aromatic carbocycles. The second-order valence-corrected chi connectivity index (χ2v) is 4.79. The summed E-state index contributed by atoms with van der Waals surface area (Å²) in [6, 6.07) is 4.72. The lowest BCUT2D eigenvalue weighted by Crippen LogP contribution is -2.34. The number of anilines is 1. The average Bonchev–Trinajstić information content (AvgIpc) is 2.38. The number of pyridine rings is 1. The fraction of sp³-hybridized carbons (Fsp3) is 0.643. The zero-order chi connectivity index (χ0) is 13.5. The number of aliphatic hydroxyl groups excluding tert-OH is 1. The highest BCUT2D eigenvalue weighted by Crippen LogP contribution is 2.25. The highest BCUT2D eigenvalue weighted by molar-refractivity contribution is 5.49. The average molecular weight is 251 g/mol. The van der Waals surface area contributed by atoms with Gasteiger partial charge < -0.3 is 15.3 Å². The van der Waals surface area contributed by atoms with E-state index in [1.807, 2.05) is 19.3 Å². The van der Waals surface area contributed by atoms with Crippen LogP contribution in [-0.2, 0) is 0 Å². The Balaban J connectivity index is 3.03. The van der Waals surface area contributed by atoms with E-state index >= 15 is 0 Å². The number of nitrogens with one attached hydrogen (secondary N) is 1. The quantitative estimate of drug-likeness (QED) is 0.778. The van der Waals surface area contributed by atoms with Gasteiger partial charge in [0.05, 0.1) is 0 Å². The van der Waals surface area contributed by atoms with E-state index in [2.05, 4.69) is 42.0 Å². The van der Waals surface area contributed by atoms with Crippen LogP contribution >= 0.6 is 0 Å². The highest BCUT2D eigenvalue weighted by atomic mass is 16.3. The number of aromatic nitrogens is 1. The van der Waals surface area contributed by atoms with Gasteiger partial charge in [0.25, 0.3) is 0 Å². The number of rotatable bonds is 7. The van der Waals surface area contributed by atoms with Crippen LogP contribution in [0.25, 0.3) is 0 Å². The summed E-state index contributed by atoms with van der Waals surface area (Å²) in [5, 5.41) is 12.3. The third-order valence-corrected chi connectivity index (χ3v) is 3.17. The lowest BCUT2D eigenvalue weighted by atomic mass is 10.1. The van der Waals surface area contributed by atoms with E-state index in [0.717, 1.165) is 18.8 Å². The van der Waals surface area contributed by atoms with Crippen LogP contribution in [0, 0.1) is 0 Å². The summed E-state index contributed by atoms with van der Waals surface area (Å²) >= 11 is 0. The normalized spacial score (nSPS) is 12.8. The van der Waals surface area contributed by atoms with E-state index in [9.17, 15) is 0 Å². The molecule has 4 nitrogen and oxygen atoms in total. The molecule has 0 aliphatic carbocycles. The first-order valence-corrected chi connectivity index (χ1v) is 6.61. The Kier molecular flexibility index (Phi) is 6.09.